The molecule has 4 heteroatoms. The first-order chi connectivity index (χ1) is 6.25. The molecule has 0 unspecified atom stereocenters. The molecule has 0 fully saturated rings. The highest BCUT2D eigenvalue weighted by Gasteiger charge is 2.04. The fraction of sp³-hybridized carbons (Fsp3) is 0.333. The number of benzene rings is 1. The lowest BCUT2D eigenvalue weighted by Crippen LogP contribution is -1.99. The highest BCUT2D eigenvalue weighted by molar-refractivity contribution is 7.98. The second-order valence-corrected chi connectivity index (χ2v) is 4.16. The van der Waals surface area contributed by atoms with E-state index >= 15 is 0 Å². The fourth-order valence-electron chi connectivity index (χ4n) is 0.830. The Hall–Kier alpha value is -0.0500. The molecule has 0 aliphatic heterocycles. The second kappa shape index (κ2) is 5.63. The highest BCUT2D eigenvalue weighted by Crippen LogP contribution is 2.31. The smallest absolute Gasteiger partial charge is 0.139 e. The van der Waals surface area contributed by atoms with Crippen LogP contribution in [0.25, 0.3) is 0 Å². The maximum Gasteiger partial charge on any atom is 0.139 e. The summed E-state index contributed by atoms with van der Waals surface area (Å²) >= 11 is 13.4. The molecule has 0 heterocycles. The van der Waals surface area contributed by atoms with Crippen LogP contribution in [0, 0.1) is 0 Å². The van der Waals surface area contributed by atoms with Crippen molar-refractivity contribution in [1.29, 1.82) is 0 Å². The quantitative estimate of drug-likeness (QED) is 0.738. The van der Waals surface area contributed by atoms with Crippen LogP contribution in [0.5, 0.6) is 5.75 Å². The van der Waals surface area contributed by atoms with Crippen molar-refractivity contribution in [2.75, 3.05) is 18.6 Å². The van der Waals surface area contributed by atoms with E-state index in [1.165, 1.54) is 0 Å². The molecule has 72 valence electrons. The van der Waals surface area contributed by atoms with Crippen molar-refractivity contribution in [2.24, 2.45) is 0 Å². The summed E-state index contributed by atoms with van der Waals surface area (Å²) in [7, 11) is 0. The van der Waals surface area contributed by atoms with E-state index in [-0.39, 0.29) is 0 Å². The lowest BCUT2D eigenvalue weighted by Gasteiger charge is -2.07. The minimum absolute atomic E-state index is 0.491. The van der Waals surface area contributed by atoms with E-state index in [9.17, 15) is 0 Å². The van der Waals surface area contributed by atoms with Gasteiger partial charge in [0.1, 0.15) is 10.8 Å². The minimum atomic E-state index is 0.491. The van der Waals surface area contributed by atoms with Crippen LogP contribution in [0.15, 0.2) is 18.2 Å². The molecule has 13 heavy (non-hydrogen) atoms. The van der Waals surface area contributed by atoms with E-state index in [1.54, 1.807) is 17.8 Å². The average Bonchev–Trinajstić information content (AvgIpc) is 2.13. The van der Waals surface area contributed by atoms with Gasteiger partial charge in [-0.1, -0.05) is 29.3 Å². The van der Waals surface area contributed by atoms with Crippen LogP contribution in [0.3, 0.4) is 0 Å². The van der Waals surface area contributed by atoms with E-state index in [0.29, 0.717) is 22.4 Å². The summed E-state index contributed by atoms with van der Waals surface area (Å²) in [5, 5.41) is 1.02. The van der Waals surface area contributed by atoms with Gasteiger partial charge in [-0.3, -0.25) is 0 Å². The zero-order valence-electron chi connectivity index (χ0n) is 7.22. The first-order valence-electron chi connectivity index (χ1n) is 3.81. The summed E-state index contributed by atoms with van der Waals surface area (Å²) < 4.78 is 5.42. The summed E-state index contributed by atoms with van der Waals surface area (Å²) in [4.78, 5) is 0. The maximum absolute atomic E-state index is 5.91. The maximum atomic E-state index is 5.91. The molecule has 0 aliphatic rings. The predicted molar refractivity (Wildman–Crippen MR) is 60.3 cm³/mol. The number of halogens is 2. The van der Waals surface area contributed by atoms with Crippen LogP contribution in [0.2, 0.25) is 10.0 Å². The molecule has 1 aromatic carbocycles. The van der Waals surface area contributed by atoms with E-state index in [2.05, 4.69) is 0 Å². The third kappa shape index (κ3) is 3.29. The van der Waals surface area contributed by atoms with Gasteiger partial charge in [-0.05, 0) is 18.4 Å². The van der Waals surface area contributed by atoms with Gasteiger partial charge in [-0.15, -0.1) is 0 Å². The molecule has 0 saturated carbocycles. The van der Waals surface area contributed by atoms with Crippen molar-refractivity contribution in [2.45, 2.75) is 0 Å². The number of ether oxygens (including phenoxy) is 1. The third-order valence-corrected chi connectivity index (χ3v) is 2.84. The van der Waals surface area contributed by atoms with E-state index < -0.39 is 0 Å². The van der Waals surface area contributed by atoms with Gasteiger partial charge in [0.05, 0.1) is 11.6 Å². The topological polar surface area (TPSA) is 9.23 Å². The standard InChI is InChI=1S/C9H10Cl2OS/c1-13-6-5-12-8-4-2-3-7(10)9(8)11/h2-4H,5-6H2,1H3. The molecule has 0 spiro atoms. The molecule has 0 radical (unpaired) electrons. The first kappa shape index (κ1) is 11.0. The Labute approximate surface area is 92.4 Å². The van der Waals surface area contributed by atoms with Crippen molar-refractivity contribution in [3.8, 4) is 5.75 Å². The van der Waals surface area contributed by atoms with Crippen LogP contribution >= 0.6 is 35.0 Å². The van der Waals surface area contributed by atoms with Gasteiger partial charge >= 0.3 is 0 Å². The largest absolute Gasteiger partial charge is 0.491 e. The normalized spacial score (nSPS) is 10.1. The summed E-state index contributed by atoms with van der Waals surface area (Å²) in [6, 6.07) is 5.38. The molecule has 0 atom stereocenters. The Balaban J connectivity index is 2.61. The Bertz CT molecular complexity index is 278. The van der Waals surface area contributed by atoms with Crippen molar-refractivity contribution in [3.63, 3.8) is 0 Å². The van der Waals surface area contributed by atoms with Gasteiger partial charge in [0.25, 0.3) is 0 Å². The predicted octanol–water partition coefficient (Wildman–Crippen LogP) is 3.74. The van der Waals surface area contributed by atoms with Crippen LogP contribution in [-0.2, 0) is 0 Å². The van der Waals surface area contributed by atoms with Crippen molar-refractivity contribution in [1.82, 2.24) is 0 Å². The highest BCUT2D eigenvalue weighted by atomic mass is 35.5. The number of hydrogen-bond acceptors (Lipinski definition) is 2. The molecule has 0 bridgehead atoms. The third-order valence-electron chi connectivity index (χ3n) is 1.46. The summed E-state index contributed by atoms with van der Waals surface area (Å²) in [5.41, 5.74) is 0. The lowest BCUT2D eigenvalue weighted by molar-refractivity contribution is 0.344. The summed E-state index contributed by atoms with van der Waals surface area (Å²) in [6.45, 7) is 0.654. The average molecular weight is 237 g/mol. The molecule has 1 aromatic rings. The molecule has 0 saturated heterocycles. The zero-order valence-corrected chi connectivity index (χ0v) is 9.55. The van der Waals surface area contributed by atoms with Crippen molar-refractivity contribution in [3.05, 3.63) is 28.2 Å². The monoisotopic (exact) mass is 236 g/mol. The van der Waals surface area contributed by atoms with E-state index in [4.69, 9.17) is 27.9 Å². The Kier molecular flexibility index (Phi) is 4.78. The van der Waals surface area contributed by atoms with Crippen LogP contribution in [0.4, 0.5) is 0 Å². The SMILES string of the molecule is CSCCOc1cccc(Cl)c1Cl. The molecule has 0 N–H and O–H groups in total. The molecular formula is C9H10Cl2OS. The van der Waals surface area contributed by atoms with Gasteiger partial charge in [-0.25, -0.2) is 0 Å². The van der Waals surface area contributed by atoms with E-state index in [1.807, 2.05) is 18.4 Å². The molecule has 1 rings (SSSR count). The van der Waals surface area contributed by atoms with Crippen LogP contribution < -0.4 is 4.74 Å². The molecule has 0 amide bonds. The van der Waals surface area contributed by atoms with Crippen LogP contribution in [0.1, 0.15) is 0 Å². The lowest BCUT2D eigenvalue weighted by atomic mass is 10.3. The first-order valence-corrected chi connectivity index (χ1v) is 5.96. The Morgan fingerprint density at radius 2 is 2.15 bits per heavy atom. The van der Waals surface area contributed by atoms with Crippen LogP contribution in [-0.4, -0.2) is 18.6 Å². The number of rotatable bonds is 4. The summed E-state index contributed by atoms with van der Waals surface area (Å²) in [5.74, 6) is 1.60. The van der Waals surface area contributed by atoms with Gasteiger partial charge in [0.15, 0.2) is 0 Å². The number of thioether (sulfide) groups is 1. The minimum Gasteiger partial charge on any atom is -0.491 e. The van der Waals surface area contributed by atoms with Gasteiger partial charge < -0.3 is 4.74 Å². The zero-order chi connectivity index (χ0) is 9.68. The molecule has 0 aromatic heterocycles. The van der Waals surface area contributed by atoms with Gasteiger partial charge in [-0.2, -0.15) is 11.8 Å². The van der Waals surface area contributed by atoms with Gasteiger partial charge in [0, 0.05) is 5.75 Å². The molecule has 1 nitrogen and oxygen atoms in total. The number of hydrogen-bond donors (Lipinski definition) is 0. The second-order valence-electron chi connectivity index (χ2n) is 2.39. The summed E-state index contributed by atoms with van der Waals surface area (Å²) in [6.07, 6.45) is 2.03. The Morgan fingerprint density at radius 1 is 1.38 bits per heavy atom. The van der Waals surface area contributed by atoms with Crippen molar-refractivity contribution < 1.29 is 4.74 Å². The Morgan fingerprint density at radius 3 is 2.85 bits per heavy atom. The van der Waals surface area contributed by atoms with Gasteiger partial charge in [0.2, 0.25) is 0 Å². The fourth-order valence-corrected chi connectivity index (χ4v) is 1.43. The molecule has 0 aliphatic carbocycles. The molecular weight excluding hydrogens is 227 g/mol. The van der Waals surface area contributed by atoms with Crippen molar-refractivity contribution >= 4 is 35.0 Å². The van der Waals surface area contributed by atoms with E-state index in [0.717, 1.165) is 5.75 Å².